The van der Waals surface area contributed by atoms with Crippen LogP contribution in [0, 0.1) is 0 Å². The highest BCUT2D eigenvalue weighted by Crippen LogP contribution is 2.29. The van der Waals surface area contributed by atoms with Gasteiger partial charge in [-0.1, -0.05) is 26.2 Å². The van der Waals surface area contributed by atoms with Gasteiger partial charge >= 0.3 is 6.18 Å². The van der Waals surface area contributed by atoms with Gasteiger partial charge in [0, 0.05) is 12.1 Å². The molecule has 0 aromatic heterocycles. The smallest absolute Gasteiger partial charge is 0.325 e. The van der Waals surface area contributed by atoms with E-state index < -0.39 is 12.7 Å². The predicted octanol–water partition coefficient (Wildman–Crippen LogP) is 2.92. The van der Waals surface area contributed by atoms with E-state index in [0.29, 0.717) is 19.5 Å². The third kappa shape index (κ3) is 5.73. The molecule has 0 saturated heterocycles. The van der Waals surface area contributed by atoms with Crippen LogP contribution < -0.4 is 5.73 Å². The van der Waals surface area contributed by atoms with Crippen molar-refractivity contribution in [3.63, 3.8) is 0 Å². The first-order valence-corrected chi connectivity index (χ1v) is 6.43. The van der Waals surface area contributed by atoms with E-state index in [2.05, 4.69) is 0 Å². The highest BCUT2D eigenvalue weighted by molar-refractivity contribution is 4.88. The summed E-state index contributed by atoms with van der Waals surface area (Å²) in [4.78, 5) is 1.43. The normalized spacial score (nSPS) is 20.8. The number of hydrogen-bond acceptors (Lipinski definition) is 2. The monoisotopic (exact) mass is 252 g/mol. The Kier molecular flexibility index (Phi) is 5.25. The van der Waals surface area contributed by atoms with Crippen LogP contribution in [0.25, 0.3) is 0 Å². The van der Waals surface area contributed by atoms with Crippen LogP contribution in [-0.2, 0) is 0 Å². The molecule has 0 unspecified atom stereocenters. The molecule has 1 fully saturated rings. The number of hydrogen-bond donors (Lipinski definition) is 1. The molecule has 1 aliphatic carbocycles. The van der Waals surface area contributed by atoms with Crippen LogP contribution >= 0.6 is 0 Å². The van der Waals surface area contributed by atoms with Crippen molar-refractivity contribution in [2.75, 3.05) is 19.6 Å². The lowest BCUT2D eigenvalue weighted by Gasteiger charge is -2.35. The summed E-state index contributed by atoms with van der Waals surface area (Å²) in [6.45, 7) is 1.82. The molecule has 0 radical (unpaired) electrons. The van der Waals surface area contributed by atoms with Crippen LogP contribution in [0.4, 0.5) is 13.2 Å². The number of alkyl halides is 3. The molecule has 0 aliphatic heterocycles. The third-order valence-electron chi connectivity index (χ3n) is 3.63. The van der Waals surface area contributed by atoms with Crippen LogP contribution in [0.15, 0.2) is 0 Å². The van der Waals surface area contributed by atoms with E-state index in [1.807, 2.05) is 0 Å². The van der Waals surface area contributed by atoms with Gasteiger partial charge in [-0.2, -0.15) is 13.2 Å². The molecule has 1 rings (SSSR count). The van der Waals surface area contributed by atoms with Gasteiger partial charge in [0.2, 0.25) is 0 Å². The minimum absolute atomic E-state index is 0.225. The lowest BCUT2D eigenvalue weighted by molar-refractivity contribution is -0.146. The van der Waals surface area contributed by atoms with Crippen LogP contribution in [-0.4, -0.2) is 36.2 Å². The summed E-state index contributed by atoms with van der Waals surface area (Å²) >= 11 is 0. The van der Waals surface area contributed by atoms with Gasteiger partial charge in [-0.15, -0.1) is 0 Å². The van der Waals surface area contributed by atoms with E-state index in [9.17, 15) is 13.2 Å². The Balaban J connectivity index is 2.36. The molecule has 0 bridgehead atoms. The van der Waals surface area contributed by atoms with Crippen molar-refractivity contribution in [3.8, 4) is 0 Å². The van der Waals surface area contributed by atoms with E-state index in [1.54, 1.807) is 6.92 Å². The van der Waals surface area contributed by atoms with E-state index in [0.717, 1.165) is 25.7 Å². The molecule has 0 aromatic carbocycles. The zero-order chi connectivity index (χ0) is 12.9. The fourth-order valence-corrected chi connectivity index (χ4v) is 2.49. The van der Waals surface area contributed by atoms with E-state index >= 15 is 0 Å². The topological polar surface area (TPSA) is 29.3 Å². The molecule has 2 N–H and O–H groups in total. The second-order valence-corrected chi connectivity index (χ2v) is 5.16. The van der Waals surface area contributed by atoms with Gasteiger partial charge in [0.15, 0.2) is 0 Å². The van der Waals surface area contributed by atoms with Crippen molar-refractivity contribution < 1.29 is 13.2 Å². The molecule has 5 heteroatoms. The molecule has 0 atom stereocenters. The van der Waals surface area contributed by atoms with Gasteiger partial charge in [-0.25, -0.2) is 0 Å². The fraction of sp³-hybridized carbons (Fsp3) is 1.00. The maximum atomic E-state index is 12.3. The van der Waals surface area contributed by atoms with Gasteiger partial charge in [0.25, 0.3) is 0 Å². The van der Waals surface area contributed by atoms with E-state index in [1.165, 1.54) is 11.3 Å². The van der Waals surface area contributed by atoms with Gasteiger partial charge in [0.1, 0.15) is 0 Å². The minimum Gasteiger partial charge on any atom is -0.325 e. The SMILES string of the molecule is CCN(CCC1(N)CCCCC1)CC(F)(F)F. The number of halogens is 3. The van der Waals surface area contributed by atoms with E-state index in [-0.39, 0.29) is 5.54 Å². The molecule has 0 spiro atoms. The first-order chi connectivity index (χ1) is 7.85. The molecule has 1 saturated carbocycles. The summed E-state index contributed by atoms with van der Waals surface area (Å²) in [6.07, 6.45) is 1.91. The maximum Gasteiger partial charge on any atom is 0.401 e. The summed E-state index contributed by atoms with van der Waals surface area (Å²) in [5.41, 5.74) is 5.99. The largest absolute Gasteiger partial charge is 0.401 e. The summed E-state index contributed by atoms with van der Waals surface area (Å²) in [5.74, 6) is 0. The average molecular weight is 252 g/mol. The molecule has 0 heterocycles. The molecule has 102 valence electrons. The minimum atomic E-state index is -4.11. The molecule has 17 heavy (non-hydrogen) atoms. The first-order valence-electron chi connectivity index (χ1n) is 6.43. The van der Waals surface area contributed by atoms with Gasteiger partial charge in [-0.3, -0.25) is 4.90 Å². The van der Waals surface area contributed by atoms with Gasteiger partial charge in [0.05, 0.1) is 6.54 Å². The quantitative estimate of drug-likeness (QED) is 0.815. The Morgan fingerprint density at radius 2 is 1.76 bits per heavy atom. The lowest BCUT2D eigenvalue weighted by Crippen LogP contribution is -2.45. The van der Waals surface area contributed by atoms with Crippen molar-refractivity contribution in [2.24, 2.45) is 5.73 Å². The molecule has 0 aromatic rings. The lowest BCUT2D eigenvalue weighted by atomic mass is 9.80. The highest BCUT2D eigenvalue weighted by atomic mass is 19.4. The highest BCUT2D eigenvalue weighted by Gasteiger charge is 2.32. The molecular formula is C12H23F3N2. The van der Waals surface area contributed by atoms with Gasteiger partial charge < -0.3 is 5.73 Å². The molecule has 2 nitrogen and oxygen atoms in total. The zero-order valence-corrected chi connectivity index (χ0v) is 10.5. The van der Waals surface area contributed by atoms with Crippen LogP contribution in [0.2, 0.25) is 0 Å². The van der Waals surface area contributed by atoms with Gasteiger partial charge in [-0.05, 0) is 25.8 Å². The second-order valence-electron chi connectivity index (χ2n) is 5.16. The van der Waals surface area contributed by atoms with Crippen molar-refractivity contribution in [1.82, 2.24) is 4.90 Å². The van der Waals surface area contributed by atoms with Crippen molar-refractivity contribution >= 4 is 0 Å². The van der Waals surface area contributed by atoms with Crippen molar-refractivity contribution in [2.45, 2.75) is 57.2 Å². The Labute approximate surface area is 101 Å². The summed E-state index contributed by atoms with van der Waals surface area (Å²) in [7, 11) is 0. The summed E-state index contributed by atoms with van der Waals surface area (Å²) in [6, 6.07) is 0. The zero-order valence-electron chi connectivity index (χ0n) is 10.5. The second kappa shape index (κ2) is 6.05. The molecular weight excluding hydrogens is 229 g/mol. The summed E-state index contributed by atoms with van der Waals surface area (Å²) in [5, 5.41) is 0. The Hall–Kier alpha value is -0.290. The van der Waals surface area contributed by atoms with Crippen molar-refractivity contribution in [1.29, 1.82) is 0 Å². The summed E-state index contributed by atoms with van der Waals surface area (Å²) < 4.78 is 36.8. The fourth-order valence-electron chi connectivity index (χ4n) is 2.49. The molecule has 0 amide bonds. The number of nitrogens with zero attached hydrogens (tertiary/aromatic N) is 1. The predicted molar refractivity (Wildman–Crippen MR) is 62.8 cm³/mol. The average Bonchev–Trinajstić information content (AvgIpc) is 2.24. The van der Waals surface area contributed by atoms with Crippen LogP contribution in [0.3, 0.4) is 0 Å². The Bertz CT molecular complexity index is 222. The standard InChI is InChI=1S/C12H23F3N2/c1-2-17(10-12(13,14)15)9-8-11(16)6-4-3-5-7-11/h2-10,16H2,1H3. The Morgan fingerprint density at radius 1 is 1.18 bits per heavy atom. The van der Waals surface area contributed by atoms with Crippen LogP contribution in [0.5, 0.6) is 0 Å². The first kappa shape index (κ1) is 14.8. The van der Waals surface area contributed by atoms with E-state index in [4.69, 9.17) is 5.73 Å². The number of rotatable bonds is 5. The Morgan fingerprint density at radius 3 is 2.24 bits per heavy atom. The van der Waals surface area contributed by atoms with Crippen molar-refractivity contribution in [3.05, 3.63) is 0 Å². The molecule has 1 aliphatic rings. The third-order valence-corrected chi connectivity index (χ3v) is 3.63. The maximum absolute atomic E-state index is 12.3. The van der Waals surface area contributed by atoms with Crippen LogP contribution in [0.1, 0.15) is 45.4 Å². The number of nitrogens with two attached hydrogens (primary N) is 1.